The van der Waals surface area contributed by atoms with Crippen molar-refractivity contribution < 1.29 is 19.1 Å². The van der Waals surface area contributed by atoms with E-state index in [-0.39, 0.29) is 30.2 Å². The number of amides is 2. The van der Waals surface area contributed by atoms with E-state index in [0.717, 1.165) is 18.5 Å². The SMILES string of the molecule is O=C(NC(c1cccs1)C1CCCC1)C1CC(=O)N(c2ccc3c(c2)OCCO3)C1. The quantitative estimate of drug-likeness (QED) is 0.787. The molecule has 0 spiro atoms. The van der Waals surface area contributed by atoms with Crippen molar-refractivity contribution in [1.29, 1.82) is 0 Å². The monoisotopic (exact) mass is 426 g/mol. The summed E-state index contributed by atoms with van der Waals surface area (Å²) in [5.74, 6) is 1.45. The topological polar surface area (TPSA) is 67.9 Å². The van der Waals surface area contributed by atoms with Gasteiger partial charge in [0.05, 0.1) is 12.0 Å². The molecule has 1 aromatic carbocycles. The van der Waals surface area contributed by atoms with Crippen LogP contribution >= 0.6 is 11.3 Å². The Balaban J connectivity index is 1.29. The van der Waals surface area contributed by atoms with Gasteiger partial charge in [-0.1, -0.05) is 18.9 Å². The molecule has 2 aliphatic heterocycles. The van der Waals surface area contributed by atoms with Crippen molar-refractivity contribution in [3.8, 4) is 11.5 Å². The van der Waals surface area contributed by atoms with Crippen LogP contribution in [-0.4, -0.2) is 31.6 Å². The number of anilines is 1. The molecule has 7 heteroatoms. The van der Waals surface area contributed by atoms with Crippen molar-refractivity contribution in [1.82, 2.24) is 5.32 Å². The molecule has 0 radical (unpaired) electrons. The van der Waals surface area contributed by atoms with Crippen molar-refractivity contribution in [3.05, 3.63) is 40.6 Å². The molecule has 2 fully saturated rings. The maximum Gasteiger partial charge on any atom is 0.227 e. The fourth-order valence-corrected chi connectivity index (χ4v) is 5.65. The molecule has 1 saturated carbocycles. The van der Waals surface area contributed by atoms with E-state index in [1.165, 1.54) is 17.7 Å². The molecule has 158 valence electrons. The summed E-state index contributed by atoms with van der Waals surface area (Å²) in [5, 5.41) is 5.36. The second-order valence-electron chi connectivity index (χ2n) is 8.28. The Morgan fingerprint density at radius 1 is 1.13 bits per heavy atom. The molecule has 3 heterocycles. The highest BCUT2D eigenvalue weighted by Crippen LogP contribution is 2.39. The van der Waals surface area contributed by atoms with Crippen molar-refractivity contribution in [3.63, 3.8) is 0 Å². The first-order chi connectivity index (χ1) is 14.7. The molecular formula is C23H26N2O4S. The van der Waals surface area contributed by atoms with Crippen LogP contribution in [0.15, 0.2) is 35.7 Å². The summed E-state index contributed by atoms with van der Waals surface area (Å²) in [6, 6.07) is 9.72. The smallest absolute Gasteiger partial charge is 0.227 e. The van der Waals surface area contributed by atoms with Crippen LogP contribution in [0.5, 0.6) is 11.5 Å². The summed E-state index contributed by atoms with van der Waals surface area (Å²) in [5.41, 5.74) is 0.755. The van der Waals surface area contributed by atoms with Crippen LogP contribution in [0.25, 0.3) is 0 Å². The third-order valence-corrected chi connectivity index (χ3v) is 7.31. The average Bonchev–Trinajstić information content (AvgIpc) is 3.53. The van der Waals surface area contributed by atoms with Gasteiger partial charge in [-0.05, 0) is 42.3 Å². The molecular weight excluding hydrogens is 400 g/mol. The Morgan fingerprint density at radius 2 is 1.93 bits per heavy atom. The summed E-state index contributed by atoms with van der Waals surface area (Å²) in [7, 11) is 0. The Bertz CT molecular complexity index is 923. The standard InChI is InChI=1S/C23H26N2O4S/c26-21-12-16(14-25(21)17-7-8-18-19(13-17)29-10-9-28-18)23(27)24-22(15-4-1-2-5-15)20-6-3-11-30-20/h3,6-8,11,13,15-16,22H,1-2,4-5,9-10,12,14H2,(H,24,27). The molecule has 5 rings (SSSR count). The number of ether oxygens (including phenoxy) is 2. The number of carbonyl (C=O) groups excluding carboxylic acids is 2. The zero-order valence-corrected chi connectivity index (χ0v) is 17.7. The molecule has 2 atom stereocenters. The van der Waals surface area contributed by atoms with Crippen LogP contribution in [0.4, 0.5) is 5.69 Å². The van der Waals surface area contributed by atoms with Crippen molar-refractivity contribution in [2.75, 3.05) is 24.7 Å². The van der Waals surface area contributed by atoms with Crippen LogP contribution in [-0.2, 0) is 9.59 Å². The molecule has 1 aromatic heterocycles. The zero-order chi connectivity index (χ0) is 20.5. The molecule has 30 heavy (non-hydrogen) atoms. The van der Waals surface area contributed by atoms with Gasteiger partial charge in [0.2, 0.25) is 11.8 Å². The summed E-state index contributed by atoms with van der Waals surface area (Å²) in [4.78, 5) is 28.7. The highest BCUT2D eigenvalue weighted by molar-refractivity contribution is 7.10. The lowest BCUT2D eigenvalue weighted by atomic mass is 9.95. The van der Waals surface area contributed by atoms with E-state index < -0.39 is 0 Å². The molecule has 2 amide bonds. The molecule has 0 bridgehead atoms. The number of rotatable bonds is 5. The number of benzene rings is 1. The Labute approximate surface area is 180 Å². The highest BCUT2D eigenvalue weighted by atomic mass is 32.1. The average molecular weight is 427 g/mol. The number of fused-ring (bicyclic) bond motifs is 1. The Hall–Kier alpha value is -2.54. The molecule has 1 saturated heterocycles. The van der Waals surface area contributed by atoms with E-state index in [1.807, 2.05) is 24.3 Å². The maximum absolute atomic E-state index is 13.1. The molecule has 3 aliphatic rings. The molecule has 1 aliphatic carbocycles. The minimum atomic E-state index is -0.338. The zero-order valence-electron chi connectivity index (χ0n) is 16.8. The third-order valence-electron chi connectivity index (χ3n) is 6.35. The summed E-state index contributed by atoms with van der Waals surface area (Å²) < 4.78 is 11.2. The highest BCUT2D eigenvalue weighted by Gasteiger charge is 2.38. The van der Waals surface area contributed by atoms with E-state index in [0.29, 0.717) is 37.2 Å². The van der Waals surface area contributed by atoms with Gasteiger partial charge in [-0.3, -0.25) is 9.59 Å². The van der Waals surface area contributed by atoms with Crippen molar-refractivity contribution >= 4 is 28.8 Å². The molecule has 1 N–H and O–H groups in total. The van der Waals surface area contributed by atoms with E-state index >= 15 is 0 Å². The Kier molecular flexibility index (Phi) is 5.37. The van der Waals surface area contributed by atoms with Gasteiger partial charge in [-0.15, -0.1) is 11.3 Å². The number of carbonyl (C=O) groups is 2. The van der Waals surface area contributed by atoms with E-state index in [1.54, 1.807) is 16.2 Å². The number of thiophene rings is 1. The normalized spacial score (nSPS) is 22.3. The lowest BCUT2D eigenvalue weighted by molar-refractivity contribution is -0.127. The lowest BCUT2D eigenvalue weighted by Gasteiger charge is -2.25. The van der Waals surface area contributed by atoms with Gasteiger partial charge in [0.1, 0.15) is 13.2 Å². The number of hydrogen-bond donors (Lipinski definition) is 1. The fourth-order valence-electron chi connectivity index (χ4n) is 4.78. The van der Waals surface area contributed by atoms with Gasteiger partial charge in [0.15, 0.2) is 11.5 Å². The third kappa shape index (κ3) is 3.78. The molecule has 2 unspecified atom stereocenters. The number of nitrogens with zero attached hydrogens (tertiary/aromatic N) is 1. The van der Waals surface area contributed by atoms with E-state index in [2.05, 4.69) is 16.8 Å². The summed E-state index contributed by atoms with van der Waals surface area (Å²) in [6.45, 7) is 1.43. The van der Waals surface area contributed by atoms with Gasteiger partial charge < -0.3 is 19.7 Å². The van der Waals surface area contributed by atoms with Crippen molar-refractivity contribution in [2.45, 2.75) is 38.1 Å². The first-order valence-electron chi connectivity index (χ1n) is 10.7. The van der Waals surface area contributed by atoms with Crippen molar-refractivity contribution in [2.24, 2.45) is 11.8 Å². The first kappa shape index (κ1) is 19.4. The van der Waals surface area contributed by atoms with Gasteiger partial charge in [0, 0.05) is 29.6 Å². The van der Waals surface area contributed by atoms with Crippen LogP contribution < -0.4 is 19.7 Å². The predicted octanol–water partition coefficient (Wildman–Crippen LogP) is 3.92. The Morgan fingerprint density at radius 3 is 2.70 bits per heavy atom. The van der Waals surface area contributed by atoms with Crippen LogP contribution in [0, 0.1) is 11.8 Å². The predicted molar refractivity (Wildman–Crippen MR) is 115 cm³/mol. The van der Waals surface area contributed by atoms with Gasteiger partial charge >= 0.3 is 0 Å². The molecule has 6 nitrogen and oxygen atoms in total. The lowest BCUT2D eigenvalue weighted by Crippen LogP contribution is -2.37. The van der Waals surface area contributed by atoms with Gasteiger partial charge in [-0.25, -0.2) is 0 Å². The molecule has 2 aromatic rings. The van der Waals surface area contributed by atoms with E-state index in [4.69, 9.17) is 9.47 Å². The van der Waals surface area contributed by atoms with Crippen LogP contribution in [0.2, 0.25) is 0 Å². The first-order valence-corrected chi connectivity index (χ1v) is 11.6. The minimum Gasteiger partial charge on any atom is -0.486 e. The number of nitrogens with one attached hydrogen (secondary N) is 1. The van der Waals surface area contributed by atoms with E-state index in [9.17, 15) is 9.59 Å². The second kappa shape index (κ2) is 8.30. The van der Waals surface area contributed by atoms with Gasteiger partial charge in [-0.2, -0.15) is 0 Å². The minimum absolute atomic E-state index is 0.0197. The number of hydrogen-bond acceptors (Lipinski definition) is 5. The summed E-state index contributed by atoms with van der Waals surface area (Å²) in [6.07, 6.45) is 4.98. The van der Waals surface area contributed by atoms with Crippen LogP contribution in [0.3, 0.4) is 0 Å². The van der Waals surface area contributed by atoms with Gasteiger partial charge in [0.25, 0.3) is 0 Å². The largest absolute Gasteiger partial charge is 0.486 e. The van der Waals surface area contributed by atoms with Crippen LogP contribution in [0.1, 0.15) is 43.0 Å². The summed E-state index contributed by atoms with van der Waals surface area (Å²) >= 11 is 1.70. The fraction of sp³-hybridized carbons (Fsp3) is 0.478. The second-order valence-corrected chi connectivity index (χ2v) is 9.26. The maximum atomic E-state index is 13.1.